The van der Waals surface area contributed by atoms with Gasteiger partial charge in [-0.2, -0.15) is 0 Å². The molecule has 0 spiro atoms. The van der Waals surface area contributed by atoms with Gasteiger partial charge in [0.05, 0.1) is 31.2 Å². The predicted molar refractivity (Wildman–Crippen MR) is 163 cm³/mol. The van der Waals surface area contributed by atoms with Crippen molar-refractivity contribution >= 4 is 29.4 Å². The molecular weight excluding hydrogens is 571 g/mol. The van der Waals surface area contributed by atoms with Gasteiger partial charge in [-0.1, -0.05) is 66.2 Å². The second kappa shape index (κ2) is 13.2. The number of aromatic nitrogens is 2. The van der Waals surface area contributed by atoms with Crippen molar-refractivity contribution in [3.05, 3.63) is 125 Å². The van der Waals surface area contributed by atoms with E-state index >= 15 is 0 Å². The van der Waals surface area contributed by atoms with Crippen molar-refractivity contribution < 1.29 is 23.5 Å². The molecule has 1 heterocycles. The maximum atomic E-state index is 14.6. The molecule has 0 atom stereocenters. The van der Waals surface area contributed by atoms with Gasteiger partial charge in [0.25, 0.3) is 5.91 Å². The number of hydrogen-bond acceptors (Lipinski definition) is 5. The molecule has 218 valence electrons. The summed E-state index contributed by atoms with van der Waals surface area (Å²) in [6, 6.07) is 27.3. The highest BCUT2D eigenvalue weighted by atomic mass is 35.5. The number of nitrogens with zero attached hydrogens (tertiary/aromatic N) is 3. The quantitative estimate of drug-likeness (QED) is 0.195. The average Bonchev–Trinajstić information content (AvgIpc) is 3.44. The Hall–Kier alpha value is -5.15. The highest BCUT2D eigenvalue weighted by Crippen LogP contribution is 2.32. The molecule has 0 saturated carbocycles. The van der Waals surface area contributed by atoms with Crippen molar-refractivity contribution in [2.24, 2.45) is 0 Å². The van der Waals surface area contributed by atoms with Crippen LogP contribution in [-0.2, 0) is 11.3 Å². The van der Waals surface area contributed by atoms with Crippen LogP contribution in [0.1, 0.15) is 15.9 Å². The van der Waals surface area contributed by atoms with Gasteiger partial charge in [-0.05, 0) is 42.0 Å². The van der Waals surface area contributed by atoms with Crippen LogP contribution in [0.2, 0.25) is 5.02 Å². The number of amides is 2. The van der Waals surface area contributed by atoms with E-state index in [0.717, 1.165) is 11.1 Å². The fourth-order valence-electron chi connectivity index (χ4n) is 4.55. The number of ether oxygens (including phenoxy) is 2. The van der Waals surface area contributed by atoms with Crippen molar-refractivity contribution in [3.63, 3.8) is 0 Å². The molecular formula is C33H28ClFN4O4. The number of imidazole rings is 1. The smallest absolute Gasteiger partial charge is 0.257 e. The number of rotatable bonds is 10. The minimum absolute atomic E-state index is 0.0988. The Bertz CT molecular complexity index is 1740. The fraction of sp³-hybridized carbons (Fsp3) is 0.121. The number of nitrogens with one attached hydrogen (secondary N) is 1. The third-order valence-corrected chi connectivity index (χ3v) is 6.94. The SMILES string of the molecule is COc1ccc(-n2cc(-c3ccc(Cl)cc3)nc2NC(=O)CN(Cc2ccccc2)C(=O)c2ccccc2F)cc1OC. The van der Waals surface area contributed by atoms with Gasteiger partial charge in [0, 0.05) is 29.4 Å². The highest BCUT2D eigenvalue weighted by molar-refractivity contribution is 6.30. The molecule has 5 aromatic rings. The molecule has 1 N–H and O–H groups in total. The number of carbonyl (C=O) groups is 2. The standard InChI is InChI=1S/C33H28ClFN4O4/c1-42-29-17-16-25(18-30(29)43-2)39-20-28(23-12-14-24(34)15-13-23)36-33(39)37-31(40)21-38(19-22-8-4-3-5-9-22)32(41)26-10-6-7-11-27(26)35/h3-18,20H,19,21H2,1-2H3,(H,36,37,40). The lowest BCUT2D eigenvalue weighted by atomic mass is 10.1. The fourth-order valence-corrected chi connectivity index (χ4v) is 4.67. The molecule has 0 bridgehead atoms. The second-order valence-corrected chi connectivity index (χ2v) is 9.98. The van der Waals surface area contributed by atoms with E-state index in [1.807, 2.05) is 42.5 Å². The summed E-state index contributed by atoms with van der Waals surface area (Å²) < 4.78 is 27.1. The molecule has 0 radical (unpaired) electrons. The Labute approximate surface area is 253 Å². The minimum Gasteiger partial charge on any atom is -0.493 e. The monoisotopic (exact) mass is 598 g/mol. The van der Waals surface area contributed by atoms with Gasteiger partial charge in [-0.3, -0.25) is 19.5 Å². The van der Waals surface area contributed by atoms with Gasteiger partial charge < -0.3 is 14.4 Å². The van der Waals surface area contributed by atoms with Gasteiger partial charge in [0.15, 0.2) is 11.5 Å². The largest absolute Gasteiger partial charge is 0.493 e. The van der Waals surface area contributed by atoms with Gasteiger partial charge in [-0.25, -0.2) is 9.37 Å². The lowest BCUT2D eigenvalue weighted by Crippen LogP contribution is -2.38. The Morgan fingerprint density at radius 1 is 0.907 bits per heavy atom. The summed E-state index contributed by atoms with van der Waals surface area (Å²) in [4.78, 5) is 32.9. The van der Waals surface area contributed by atoms with E-state index in [1.165, 1.54) is 30.2 Å². The molecule has 2 amide bonds. The van der Waals surface area contributed by atoms with Gasteiger partial charge >= 0.3 is 0 Å². The summed E-state index contributed by atoms with van der Waals surface area (Å²) in [7, 11) is 3.08. The van der Waals surface area contributed by atoms with E-state index < -0.39 is 17.6 Å². The first kappa shape index (κ1) is 29.3. The van der Waals surface area contributed by atoms with Crippen LogP contribution in [0.15, 0.2) is 103 Å². The molecule has 0 aliphatic heterocycles. The molecule has 4 aromatic carbocycles. The topological polar surface area (TPSA) is 85.7 Å². The predicted octanol–water partition coefficient (Wildman–Crippen LogP) is 6.63. The first-order valence-electron chi connectivity index (χ1n) is 13.3. The Kier molecular flexibility index (Phi) is 9.02. The molecule has 5 rings (SSSR count). The lowest BCUT2D eigenvalue weighted by Gasteiger charge is -2.23. The number of methoxy groups -OCH3 is 2. The Morgan fingerprint density at radius 2 is 1.60 bits per heavy atom. The molecule has 1 aromatic heterocycles. The van der Waals surface area contributed by atoms with E-state index in [1.54, 1.807) is 54.3 Å². The van der Waals surface area contributed by atoms with Crippen molar-refractivity contribution in [2.45, 2.75) is 6.54 Å². The van der Waals surface area contributed by atoms with Crippen molar-refractivity contribution in [1.29, 1.82) is 0 Å². The molecule has 0 fully saturated rings. The molecule has 0 saturated heterocycles. The van der Waals surface area contributed by atoms with Crippen LogP contribution in [0.3, 0.4) is 0 Å². The Balaban J connectivity index is 1.48. The number of hydrogen-bond donors (Lipinski definition) is 1. The summed E-state index contributed by atoms with van der Waals surface area (Å²) in [6.07, 6.45) is 1.77. The second-order valence-electron chi connectivity index (χ2n) is 9.54. The summed E-state index contributed by atoms with van der Waals surface area (Å²) in [5, 5.41) is 3.42. The average molecular weight is 599 g/mol. The van der Waals surface area contributed by atoms with E-state index in [9.17, 15) is 14.0 Å². The zero-order valence-corrected chi connectivity index (χ0v) is 24.2. The molecule has 0 unspecified atom stereocenters. The van der Waals surface area contributed by atoms with Gasteiger partial charge in [-0.15, -0.1) is 0 Å². The zero-order valence-electron chi connectivity index (χ0n) is 23.5. The summed E-state index contributed by atoms with van der Waals surface area (Å²) in [5.41, 5.74) is 2.66. The highest BCUT2D eigenvalue weighted by Gasteiger charge is 2.23. The zero-order chi connectivity index (χ0) is 30.3. The first-order valence-corrected chi connectivity index (χ1v) is 13.7. The minimum atomic E-state index is -0.664. The number of carbonyl (C=O) groups excluding carboxylic acids is 2. The van der Waals surface area contributed by atoms with Crippen LogP contribution >= 0.6 is 11.6 Å². The van der Waals surface area contributed by atoms with E-state index in [2.05, 4.69) is 10.3 Å². The van der Waals surface area contributed by atoms with Crippen LogP contribution in [0.4, 0.5) is 10.3 Å². The lowest BCUT2D eigenvalue weighted by molar-refractivity contribution is -0.117. The van der Waals surface area contributed by atoms with E-state index in [-0.39, 0.29) is 24.6 Å². The van der Waals surface area contributed by atoms with E-state index in [0.29, 0.717) is 27.9 Å². The number of anilines is 1. The third-order valence-electron chi connectivity index (χ3n) is 6.68. The van der Waals surface area contributed by atoms with Gasteiger partial charge in [0.2, 0.25) is 11.9 Å². The first-order chi connectivity index (χ1) is 20.9. The van der Waals surface area contributed by atoms with Gasteiger partial charge in [0.1, 0.15) is 12.4 Å². The normalized spacial score (nSPS) is 10.7. The number of halogens is 2. The van der Waals surface area contributed by atoms with Crippen molar-refractivity contribution in [2.75, 3.05) is 26.1 Å². The Morgan fingerprint density at radius 3 is 2.30 bits per heavy atom. The van der Waals surface area contributed by atoms with Crippen LogP contribution in [0.5, 0.6) is 11.5 Å². The third kappa shape index (κ3) is 6.85. The van der Waals surface area contributed by atoms with Crippen LogP contribution in [0, 0.1) is 5.82 Å². The molecule has 0 aliphatic rings. The summed E-state index contributed by atoms with van der Waals surface area (Å²) in [6.45, 7) is -0.251. The van der Waals surface area contributed by atoms with Crippen LogP contribution < -0.4 is 14.8 Å². The molecule has 8 nitrogen and oxygen atoms in total. The molecule has 43 heavy (non-hydrogen) atoms. The summed E-state index contributed by atoms with van der Waals surface area (Å²) >= 11 is 6.08. The van der Waals surface area contributed by atoms with E-state index in [4.69, 9.17) is 21.1 Å². The maximum Gasteiger partial charge on any atom is 0.257 e. The maximum absolute atomic E-state index is 14.6. The molecule has 10 heteroatoms. The molecule has 0 aliphatic carbocycles. The summed E-state index contributed by atoms with van der Waals surface area (Å²) in [5.74, 6) is -0.554. The van der Waals surface area contributed by atoms with Crippen LogP contribution in [-0.4, -0.2) is 47.0 Å². The van der Waals surface area contributed by atoms with Crippen LogP contribution in [0.25, 0.3) is 16.9 Å². The van der Waals surface area contributed by atoms with Crippen molar-refractivity contribution in [1.82, 2.24) is 14.5 Å². The van der Waals surface area contributed by atoms with Crippen molar-refractivity contribution in [3.8, 4) is 28.4 Å². The number of benzene rings is 4.